The monoisotopic (exact) mass is 441 g/mol. The Morgan fingerprint density at radius 2 is 1.65 bits per heavy atom. The second kappa shape index (κ2) is 7.05. The molecule has 2 unspecified atom stereocenters. The molecule has 2 bridgehead atoms. The van der Waals surface area contributed by atoms with Gasteiger partial charge >= 0.3 is 0 Å². The zero-order valence-electron chi connectivity index (χ0n) is 19.4. The fourth-order valence-electron chi connectivity index (χ4n) is 6.49. The van der Waals surface area contributed by atoms with Crippen LogP contribution < -0.4 is 4.57 Å². The van der Waals surface area contributed by atoms with Crippen LogP contribution in [0.15, 0.2) is 71.3 Å². The summed E-state index contributed by atoms with van der Waals surface area (Å²) in [6, 6.07) is 23.8. The van der Waals surface area contributed by atoms with E-state index >= 15 is 0 Å². The summed E-state index contributed by atoms with van der Waals surface area (Å²) >= 11 is 0. The van der Waals surface area contributed by atoms with Gasteiger partial charge in [-0.3, -0.25) is 0 Å². The van der Waals surface area contributed by atoms with Crippen LogP contribution in [0.25, 0.3) is 44.3 Å². The highest BCUT2D eigenvalue weighted by molar-refractivity contribution is 6.14. The van der Waals surface area contributed by atoms with E-state index in [1.165, 1.54) is 36.0 Å². The molecule has 2 heterocycles. The topological polar surface area (TPSA) is 40.8 Å². The van der Waals surface area contributed by atoms with Gasteiger partial charge in [-0.15, -0.1) is 0 Å². The second-order valence-corrected chi connectivity index (χ2v) is 9.96. The number of nitriles is 1. The Morgan fingerprint density at radius 1 is 0.882 bits per heavy atom. The van der Waals surface area contributed by atoms with Crippen LogP contribution in [0.2, 0.25) is 0 Å². The fourth-order valence-corrected chi connectivity index (χ4v) is 6.49. The molecule has 164 valence electrons. The van der Waals surface area contributed by atoms with Gasteiger partial charge in [-0.1, -0.05) is 30.3 Å². The first-order valence-corrected chi connectivity index (χ1v) is 12.1. The summed E-state index contributed by atoms with van der Waals surface area (Å²) in [6.45, 7) is 2.13. The molecular weight excluding hydrogens is 416 g/mol. The predicted octanol–water partition coefficient (Wildman–Crippen LogP) is 7.29. The molecule has 5 aromatic rings. The number of benzene rings is 3. The number of hydrogen-bond acceptors (Lipinski definition) is 2. The number of fused-ring (bicyclic) bond motifs is 8. The third-order valence-electron chi connectivity index (χ3n) is 8.14. The van der Waals surface area contributed by atoms with E-state index in [1.54, 1.807) is 0 Å². The second-order valence-electron chi connectivity index (χ2n) is 9.96. The van der Waals surface area contributed by atoms with E-state index in [1.807, 2.05) is 18.2 Å². The van der Waals surface area contributed by atoms with E-state index in [9.17, 15) is 5.26 Å². The van der Waals surface area contributed by atoms with Crippen LogP contribution in [-0.2, 0) is 7.05 Å². The number of pyridine rings is 1. The van der Waals surface area contributed by atoms with E-state index in [-0.39, 0.29) is 0 Å². The van der Waals surface area contributed by atoms with Crippen molar-refractivity contribution in [3.05, 3.63) is 89.1 Å². The van der Waals surface area contributed by atoms with Gasteiger partial charge in [-0.25, -0.2) is 4.57 Å². The molecule has 1 saturated carbocycles. The number of nitrogens with zero attached hydrogens (tertiary/aromatic N) is 2. The average Bonchev–Trinajstić information content (AvgIpc) is 3.57. The number of rotatable bonds is 2. The Bertz CT molecular complexity index is 1680. The van der Waals surface area contributed by atoms with Crippen molar-refractivity contribution in [2.45, 2.75) is 38.0 Å². The lowest BCUT2D eigenvalue weighted by Crippen LogP contribution is -2.30. The Hall–Kier alpha value is -3.90. The maximum absolute atomic E-state index is 10.0. The summed E-state index contributed by atoms with van der Waals surface area (Å²) in [5.74, 6) is 1.40. The first-order chi connectivity index (χ1) is 16.6. The molecule has 0 radical (unpaired) electrons. The van der Waals surface area contributed by atoms with Crippen LogP contribution in [0.1, 0.15) is 53.4 Å². The Kier molecular flexibility index (Phi) is 4.05. The third-order valence-corrected chi connectivity index (χ3v) is 8.14. The molecule has 2 aromatic heterocycles. The molecule has 0 amide bonds. The van der Waals surface area contributed by atoms with Crippen molar-refractivity contribution in [1.29, 1.82) is 5.26 Å². The highest BCUT2D eigenvalue weighted by Crippen LogP contribution is 2.54. The zero-order chi connectivity index (χ0) is 23.0. The molecular formula is C31H25N2O+. The normalized spacial score (nSPS) is 18.5. The minimum absolute atomic E-state index is 0.665. The lowest BCUT2D eigenvalue weighted by molar-refractivity contribution is -0.660. The van der Waals surface area contributed by atoms with Crippen molar-refractivity contribution in [3.63, 3.8) is 0 Å². The summed E-state index contributed by atoms with van der Waals surface area (Å²) < 4.78 is 8.85. The summed E-state index contributed by atoms with van der Waals surface area (Å²) in [5, 5.41) is 12.2. The minimum atomic E-state index is 0.665. The highest BCUT2D eigenvalue weighted by Gasteiger charge is 2.37. The van der Waals surface area contributed by atoms with E-state index < -0.39 is 0 Å². The quantitative estimate of drug-likeness (QED) is 0.270. The molecule has 3 heteroatoms. The van der Waals surface area contributed by atoms with Crippen molar-refractivity contribution in [2.75, 3.05) is 0 Å². The van der Waals surface area contributed by atoms with Gasteiger partial charge in [0.2, 0.25) is 5.69 Å². The van der Waals surface area contributed by atoms with Crippen LogP contribution in [0.4, 0.5) is 0 Å². The molecule has 3 aromatic carbocycles. The summed E-state index contributed by atoms with van der Waals surface area (Å²) in [7, 11) is 2.06. The molecule has 0 saturated heterocycles. The molecule has 34 heavy (non-hydrogen) atoms. The van der Waals surface area contributed by atoms with Gasteiger partial charge in [0.15, 0.2) is 6.20 Å². The maximum Gasteiger partial charge on any atom is 0.216 e. The van der Waals surface area contributed by atoms with E-state index in [0.29, 0.717) is 11.5 Å². The van der Waals surface area contributed by atoms with Crippen LogP contribution >= 0.6 is 0 Å². The first-order valence-electron chi connectivity index (χ1n) is 12.1. The number of hydrogen-bond donors (Lipinski definition) is 0. The van der Waals surface area contributed by atoms with Crippen LogP contribution in [0.5, 0.6) is 0 Å². The maximum atomic E-state index is 10.0. The summed E-state index contributed by atoms with van der Waals surface area (Å²) in [6.07, 6.45) is 5.96. The van der Waals surface area contributed by atoms with Gasteiger partial charge in [0.05, 0.1) is 17.2 Å². The average molecular weight is 442 g/mol. The van der Waals surface area contributed by atoms with Crippen molar-refractivity contribution in [2.24, 2.45) is 7.05 Å². The Labute approximate surface area is 198 Å². The molecule has 0 spiro atoms. The van der Waals surface area contributed by atoms with Gasteiger partial charge in [-0.05, 0) is 78.5 Å². The first kappa shape index (κ1) is 19.6. The molecule has 2 aliphatic carbocycles. The van der Waals surface area contributed by atoms with Crippen molar-refractivity contribution < 1.29 is 8.98 Å². The third kappa shape index (κ3) is 2.60. The van der Waals surface area contributed by atoms with Crippen LogP contribution in [0.3, 0.4) is 0 Å². The van der Waals surface area contributed by atoms with Gasteiger partial charge in [-0.2, -0.15) is 5.26 Å². The van der Waals surface area contributed by atoms with E-state index in [0.717, 1.165) is 50.2 Å². The van der Waals surface area contributed by atoms with E-state index in [2.05, 4.69) is 73.3 Å². The minimum Gasteiger partial charge on any atom is -0.454 e. The molecule has 0 aliphatic heterocycles. The fraction of sp³-hybridized carbons (Fsp3) is 0.226. The number of furan rings is 1. The SMILES string of the molecule is Cc1ccc2c(oc3c(-c4ccc5c(c4)C4CCC5C4)c(C#N)ccc32)c1-c1cccc[n+]1C. The number of aromatic nitrogens is 1. The van der Waals surface area contributed by atoms with Crippen molar-refractivity contribution in [3.8, 4) is 28.5 Å². The van der Waals surface area contributed by atoms with Crippen molar-refractivity contribution >= 4 is 21.9 Å². The molecule has 3 nitrogen and oxygen atoms in total. The molecule has 7 rings (SSSR count). The van der Waals surface area contributed by atoms with Gasteiger partial charge in [0.1, 0.15) is 18.2 Å². The Balaban J connectivity index is 1.54. The van der Waals surface area contributed by atoms with Gasteiger partial charge in [0.25, 0.3) is 0 Å². The molecule has 2 aliphatic rings. The molecule has 1 fully saturated rings. The highest BCUT2D eigenvalue weighted by atomic mass is 16.3. The van der Waals surface area contributed by atoms with Crippen LogP contribution in [0, 0.1) is 18.3 Å². The van der Waals surface area contributed by atoms with Crippen LogP contribution in [-0.4, -0.2) is 0 Å². The predicted molar refractivity (Wildman–Crippen MR) is 135 cm³/mol. The molecule has 2 atom stereocenters. The zero-order valence-corrected chi connectivity index (χ0v) is 19.4. The number of aryl methyl sites for hydroxylation is 2. The summed E-state index contributed by atoms with van der Waals surface area (Å²) in [4.78, 5) is 0. The van der Waals surface area contributed by atoms with Gasteiger partial charge < -0.3 is 4.42 Å². The smallest absolute Gasteiger partial charge is 0.216 e. The Morgan fingerprint density at radius 3 is 2.44 bits per heavy atom. The van der Waals surface area contributed by atoms with Crippen molar-refractivity contribution in [1.82, 2.24) is 0 Å². The van der Waals surface area contributed by atoms with Gasteiger partial charge in [0, 0.05) is 28.5 Å². The largest absolute Gasteiger partial charge is 0.454 e. The summed E-state index contributed by atoms with van der Waals surface area (Å²) in [5.41, 5.74) is 10.8. The lowest BCUT2D eigenvalue weighted by Gasteiger charge is -2.16. The molecule has 0 N–H and O–H groups in total. The van der Waals surface area contributed by atoms with E-state index in [4.69, 9.17) is 4.42 Å². The lowest BCUT2D eigenvalue weighted by atomic mass is 9.88. The standard InChI is InChI=1S/C31H25N2O/c1-18-6-11-24-25-13-10-22(17-32)29(21-9-12-23-19-7-8-20(15-19)26(23)16-21)31(25)34-30(24)28(18)27-5-3-4-14-33(27)2/h3-6,9-14,16,19-20H,7-8,15H2,1-2H3/q+1.